The lowest BCUT2D eigenvalue weighted by Gasteiger charge is -2.30. The molecule has 2 aliphatic carbocycles. The molecule has 2 saturated carbocycles. The van der Waals surface area contributed by atoms with E-state index < -0.39 is 0 Å². The predicted molar refractivity (Wildman–Crippen MR) is 83.0 cm³/mol. The van der Waals surface area contributed by atoms with Crippen LogP contribution in [-0.4, -0.2) is 30.9 Å². The minimum Gasteiger partial charge on any atom is -0.369 e. The molecule has 1 aliphatic heterocycles. The molecule has 4 N–H and O–H groups in total. The van der Waals surface area contributed by atoms with Crippen molar-refractivity contribution in [3.63, 3.8) is 0 Å². The summed E-state index contributed by atoms with van der Waals surface area (Å²) >= 11 is 0. The molecule has 3 aliphatic rings. The molecule has 0 aromatic rings. The molecule has 120 valence electrons. The van der Waals surface area contributed by atoms with Crippen molar-refractivity contribution in [3.8, 4) is 0 Å². The number of halogens is 1. The third-order valence-electron chi connectivity index (χ3n) is 5.56. The third-order valence-corrected chi connectivity index (χ3v) is 5.56. The van der Waals surface area contributed by atoms with E-state index in [0.717, 1.165) is 58.0 Å². The Kier molecular flexibility index (Phi) is 5.15. The Bertz CT molecular complexity index is 410. The van der Waals surface area contributed by atoms with Crippen molar-refractivity contribution in [1.29, 1.82) is 0 Å². The van der Waals surface area contributed by atoms with Crippen LogP contribution in [0, 0.1) is 17.3 Å². The zero-order valence-corrected chi connectivity index (χ0v) is 13.2. The van der Waals surface area contributed by atoms with Crippen molar-refractivity contribution in [2.75, 3.05) is 13.1 Å². The summed E-state index contributed by atoms with van der Waals surface area (Å²) in [6, 6.07) is -0.0342. The van der Waals surface area contributed by atoms with Crippen LogP contribution in [0.25, 0.3) is 0 Å². The monoisotopic (exact) mass is 315 g/mol. The van der Waals surface area contributed by atoms with E-state index in [-0.39, 0.29) is 47.5 Å². The van der Waals surface area contributed by atoms with Crippen LogP contribution >= 0.6 is 12.4 Å². The summed E-state index contributed by atoms with van der Waals surface area (Å²) in [5.41, 5.74) is 5.72. The first-order valence-electron chi connectivity index (χ1n) is 7.93. The number of nitrogens with two attached hydrogens (primary N) is 1. The zero-order valence-electron chi connectivity index (χ0n) is 12.4. The fraction of sp³-hybridized carbons (Fsp3) is 0.867. The van der Waals surface area contributed by atoms with Gasteiger partial charge in [0.15, 0.2) is 0 Å². The normalized spacial score (nSPS) is 33.8. The van der Waals surface area contributed by atoms with E-state index in [2.05, 4.69) is 10.6 Å². The molecule has 1 saturated heterocycles. The van der Waals surface area contributed by atoms with Gasteiger partial charge in [0, 0.05) is 12.0 Å². The maximum absolute atomic E-state index is 12.4. The first-order valence-corrected chi connectivity index (χ1v) is 7.93. The fourth-order valence-electron chi connectivity index (χ4n) is 4.12. The number of primary amides is 1. The molecule has 2 amide bonds. The van der Waals surface area contributed by atoms with Crippen molar-refractivity contribution >= 4 is 24.2 Å². The average molecular weight is 316 g/mol. The summed E-state index contributed by atoms with van der Waals surface area (Å²) in [7, 11) is 0. The molecule has 5 nitrogen and oxygen atoms in total. The van der Waals surface area contributed by atoms with E-state index >= 15 is 0 Å². The Balaban J connectivity index is 0.00000161. The number of hydrogen-bond donors (Lipinski definition) is 3. The highest BCUT2D eigenvalue weighted by Gasteiger charge is 2.57. The van der Waals surface area contributed by atoms with Gasteiger partial charge in [-0.3, -0.25) is 9.59 Å². The summed E-state index contributed by atoms with van der Waals surface area (Å²) in [5.74, 6) is -0.108. The number of nitrogens with one attached hydrogen (secondary N) is 2. The summed E-state index contributed by atoms with van der Waals surface area (Å²) in [5, 5.41) is 6.47. The topological polar surface area (TPSA) is 84.2 Å². The quantitative estimate of drug-likeness (QED) is 0.725. The van der Waals surface area contributed by atoms with Crippen molar-refractivity contribution in [1.82, 2.24) is 10.6 Å². The van der Waals surface area contributed by atoms with Gasteiger partial charge in [-0.05, 0) is 50.6 Å². The van der Waals surface area contributed by atoms with Gasteiger partial charge in [0.25, 0.3) is 0 Å². The summed E-state index contributed by atoms with van der Waals surface area (Å²) in [4.78, 5) is 23.9. The SMILES string of the molecule is Cl.NC(=O)C1CCCCC1NC(=O)C1CC12CCNCC2. The molecule has 1 heterocycles. The highest BCUT2D eigenvalue weighted by Crippen LogP contribution is 2.58. The molecule has 1 spiro atoms. The molecule has 0 bridgehead atoms. The number of amides is 2. The maximum atomic E-state index is 12.4. The van der Waals surface area contributed by atoms with Crippen LogP contribution in [0.4, 0.5) is 0 Å². The van der Waals surface area contributed by atoms with Gasteiger partial charge >= 0.3 is 0 Å². The number of hydrogen-bond acceptors (Lipinski definition) is 3. The zero-order chi connectivity index (χ0) is 14.2. The number of carbonyl (C=O) groups excluding carboxylic acids is 2. The Hall–Kier alpha value is -0.810. The van der Waals surface area contributed by atoms with E-state index in [9.17, 15) is 9.59 Å². The molecule has 6 heteroatoms. The van der Waals surface area contributed by atoms with E-state index in [0.29, 0.717) is 0 Å². The van der Waals surface area contributed by atoms with Crippen molar-refractivity contribution in [2.24, 2.45) is 23.0 Å². The maximum Gasteiger partial charge on any atom is 0.223 e. The minimum atomic E-state index is -0.262. The van der Waals surface area contributed by atoms with Crippen LogP contribution in [-0.2, 0) is 9.59 Å². The van der Waals surface area contributed by atoms with E-state index in [1.807, 2.05) is 0 Å². The van der Waals surface area contributed by atoms with Gasteiger partial charge in [-0.15, -0.1) is 12.4 Å². The van der Waals surface area contributed by atoms with Crippen LogP contribution in [0.1, 0.15) is 44.9 Å². The second-order valence-corrected chi connectivity index (χ2v) is 6.78. The summed E-state index contributed by atoms with van der Waals surface area (Å²) in [6.07, 6.45) is 7.06. The first-order chi connectivity index (χ1) is 9.62. The molecule has 3 unspecified atom stereocenters. The van der Waals surface area contributed by atoms with Crippen LogP contribution < -0.4 is 16.4 Å². The molecule has 0 aromatic heterocycles. The Morgan fingerprint density at radius 3 is 2.48 bits per heavy atom. The van der Waals surface area contributed by atoms with Crippen LogP contribution in [0.15, 0.2) is 0 Å². The molecule has 3 atom stereocenters. The van der Waals surface area contributed by atoms with Crippen molar-refractivity contribution < 1.29 is 9.59 Å². The Morgan fingerprint density at radius 2 is 1.81 bits per heavy atom. The number of carbonyl (C=O) groups is 2. The van der Waals surface area contributed by atoms with E-state index in [1.54, 1.807) is 0 Å². The van der Waals surface area contributed by atoms with Gasteiger partial charge < -0.3 is 16.4 Å². The van der Waals surface area contributed by atoms with Crippen LogP contribution in [0.5, 0.6) is 0 Å². The standard InChI is InChI=1S/C15H25N3O2.ClH/c16-13(19)10-3-1-2-4-12(10)18-14(20)11-9-15(11)5-7-17-8-6-15;/h10-12,17H,1-9H2,(H2,16,19)(H,18,20);1H. The van der Waals surface area contributed by atoms with Gasteiger partial charge in [-0.2, -0.15) is 0 Å². The second-order valence-electron chi connectivity index (χ2n) is 6.78. The Morgan fingerprint density at radius 1 is 1.14 bits per heavy atom. The molecule has 0 radical (unpaired) electrons. The van der Waals surface area contributed by atoms with E-state index in [1.165, 1.54) is 0 Å². The van der Waals surface area contributed by atoms with Crippen LogP contribution in [0.2, 0.25) is 0 Å². The number of piperidine rings is 1. The molecule has 3 fully saturated rings. The van der Waals surface area contributed by atoms with Gasteiger partial charge in [-0.1, -0.05) is 12.8 Å². The first kappa shape index (κ1) is 16.6. The van der Waals surface area contributed by atoms with Crippen LogP contribution in [0.3, 0.4) is 0 Å². The highest BCUT2D eigenvalue weighted by molar-refractivity contribution is 5.85. The molecular weight excluding hydrogens is 290 g/mol. The van der Waals surface area contributed by atoms with Gasteiger partial charge in [0.1, 0.15) is 0 Å². The van der Waals surface area contributed by atoms with Gasteiger partial charge in [-0.25, -0.2) is 0 Å². The Labute approximate surface area is 132 Å². The lowest BCUT2D eigenvalue weighted by atomic mass is 9.83. The smallest absolute Gasteiger partial charge is 0.223 e. The van der Waals surface area contributed by atoms with Gasteiger partial charge in [0.2, 0.25) is 11.8 Å². The fourth-order valence-corrected chi connectivity index (χ4v) is 4.12. The van der Waals surface area contributed by atoms with Crippen molar-refractivity contribution in [3.05, 3.63) is 0 Å². The lowest BCUT2D eigenvalue weighted by Crippen LogP contribution is -2.48. The second kappa shape index (κ2) is 6.53. The van der Waals surface area contributed by atoms with Crippen molar-refractivity contribution in [2.45, 2.75) is 51.0 Å². The largest absolute Gasteiger partial charge is 0.369 e. The molecular formula is C15H26ClN3O2. The lowest BCUT2D eigenvalue weighted by molar-refractivity contribution is -0.127. The number of rotatable bonds is 3. The summed E-state index contributed by atoms with van der Waals surface area (Å²) < 4.78 is 0. The van der Waals surface area contributed by atoms with Gasteiger partial charge in [0.05, 0.1) is 5.92 Å². The molecule has 3 rings (SSSR count). The molecule has 21 heavy (non-hydrogen) atoms. The van der Waals surface area contributed by atoms with E-state index in [4.69, 9.17) is 5.73 Å². The predicted octanol–water partition coefficient (Wildman–Crippen LogP) is 0.958. The third kappa shape index (κ3) is 3.34. The average Bonchev–Trinajstić information content (AvgIpc) is 3.13. The summed E-state index contributed by atoms with van der Waals surface area (Å²) in [6.45, 7) is 2.05. The molecule has 0 aromatic carbocycles. The minimum absolute atomic E-state index is 0. The highest BCUT2D eigenvalue weighted by atomic mass is 35.5.